The first kappa shape index (κ1) is 10.6. The zero-order valence-electron chi connectivity index (χ0n) is 8.88. The molecule has 1 aliphatic rings. The molecular formula is C12H9BNO2S. The van der Waals surface area contributed by atoms with Crippen LogP contribution in [0, 0.1) is 0 Å². The molecule has 0 fully saturated rings. The Labute approximate surface area is 104 Å². The van der Waals surface area contributed by atoms with Crippen LogP contribution in [0.5, 0.6) is 5.75 Å². The molecule has 2 aromatic rings. The molecule has 0 atom stereocenters. The second kappa shape index (κ2) is 4.35. The Hall–Kier alpha value is -1.59. The molecule has 0 bridgehead atoms. The van der Waals surface area contributed by atoms with Crippen molar-refractivity contribution in [1.29, 1.82) is 0 Å². The quantitative estimate of drug-likeness (QED) is 0.678. The highest BCUT2D eigenvalue weighted by Gasteiger charge is 2.18. The van der Waals surface area contributed by atoms with E-state index in [2.05, 4.69) is 11.4 Å². The number of fused-ring (bicyclic) bond motifs is 2. The van der Waals surface area contributed by atoms with Crippen molar-refractivity contribution in [1.82, 2.24) is 0 Å². The van der Waals surface area contributed by atoms with E-state index >= 15 is 0 Å². The van der Waals surface area contributed by atoms with Crippen molar-refractivity contribution in [3.63, 3.8) is 0 Å². The molecule has 5 heteroatoms. The highest BCUT2D eigenvalue weighted by molar-refractivity contribution is 7.99. The van der Waals surface area contributed by atoms with Crippen LogP contribution in [0.4, 0.5) is 11.4 Å². The van der Waals surface area contributed by atoms with Gasteiger partial charge < -0.3 is 15.0 Å². The van der Waals surface area contributed by atoms with Crippen LogP contribution in [-0.2, 0) is 0 Å². The van der Waals surface area contributed by atoms with Crippen molar-refractivity contribution in [2.75, 3.05) is 5.32 Å². The molecule has 0 spiro atoms. The van der Waals surface area contributed by atoms with Crippen LogP contribution in [0.2, 0.25) is 0 Å². The zero-order chi connectivity index (χ0) is 11.7. The molecule has 0 saturated heterocycles. The Morgan fingerprint density at radius 3 is 2.76 bits per heavy atom. The fraction of sp³-hybridized carbons (Fsp3) is 0. The minimum absolute atomic E-state index is 0.618. The Morgan fingerprint density at radius 2 is 1.88 bits per heavy atom. The standard InChI is InChI=1S/C12H9BNO2S/c15-13-16-9-5-3-7-11-12(9)14-8-4-1-2-6-10(8)17-11/h1-7,14-15H. The summed E-state index contributed by atoms with van der Waals surface area (Å²) in [6, 6.07) is 13.8. The van der Waals surface area contributed by atoms with E-state index in [0.717, 1.165) is 16.3 Å². The maximum Gasteiger partial charge on any atom is 0.569 e. The Bertz CT molecular complexity index is 562. The average molecular weight is 242 g/mol. The Balaban J connectivity index is 2.05. The fourth-order valence-corrected chi connectivity index (χ4v) is 2.80. The van der Waals surface area contributed by atoms with Gasteiger partial charge in [0.1, 0.15) is 5.75 Å². The first-order chi connectivity index (χ1) is 8.38. The maximum absolute atomic E-state index is 8.73. The number of para-hydroxylation sites is 2. The zero-order valence-corrected chi connectivity index (χ0v) is 9.70. The largest absolute Gasteiger partial charge is 0.569 e. The van der Waals surface area contributed by atoms with Crippen molar-refractivity contribution in [2.24, 2.45) is 0 Å². The van der Waals surface area contributed by atoms with E-state index in [9.17, 15) is 0 Å². The van der Waals surface area contributed by atoms with Gasteiger partial charge in [-0.05, 0) is 24.3 Å². The maximum atomic E-state index is 8.73. The van der Waals surface area contributed by atoms with Gasteiger partial charge in [0.2, 0.25) is 0 Å². The molecule has 83 valence electrons. The summed E-state index contributed by atoms with van der Waals surface area (Å²) in [5, 5.41) is 12.1. The number of nitrogens with one attached hydrogen (secondary N) is 1. The number of rotatable bonds is 2. The van der Waals surface area contributed by atoms with Crippen molar-refractivity contribution in [3.05, 3.63) is 42.5 Å². The molecule has 0 amide bonds. The van der Waals surface area contributed by atoms with Gasteiger partial charge in [-0.2, -0.15) is 0 Å². The minimum Gasteiger partial charge on any atom is -0.536 e. The number of hydrogen-bond acceptors (Lipinski definition) is 4. The molecule has 0 aliphatic carbocycles. The van der Waals surface area contributed by atoms with Gasteiger partial charge in [-0.1, -0.05) is 30.0 Å². The summed E-state index contributed by atoms with van der Waals surface area (Å²) in [4.78, 5) is 2.27. The van der Waals surface area contributed by atoms with Crippen LogP contribution in [0.3, 0.4) is 0 Å². The summed E-state index contributed by atoms with van der Waals surface area (Å²) < 4.78 is 5.07. The summed E-state index contributed by atoms with van der Waals surface area (Å²) in [6.45, 7) is 0. The molecule has 1 radical (unpaired) electrons. The molecule has 0 unspecified atom stereocenters. The van der Waals surface area contributed by atoms with E-state index in [-0.39, 0.29) is 0 Å². The van der Waals surface area contributed by atoms with Gasteiger partial charge in [0, 0.05) is 9.79 Å². The molecule has 17 heavy (non-hydrogen) atoms. The van der Waals surface area contributed by atoms with Crippen LogP contribution in [0.15, 0.2) is 52.3 Å². The van der Waals surface area contributed by atoms with Crippen LogP contribution < -0.4 is 9.97 Å². The van der Waals surface area contributed by atoms with Gasteiger partial charge in [-0.3, -0.25) is 0 Å². The normalized spacial score (nSPS) is 12.1. The predicted octanol–water partition coefficient (Wildman–Crippen LogP) is 2.80. The summed E-state index contributed by atoms with van der Waals surface area (Å²) >= 11 is 1.68. The van der Waals surface area contributed by atoms with E-state index in [1.807, 2.05) is 36.4 Å². The number of benzene rings is 2. The van der Waals surface area contributed by atoms with Gasteiger partial charge in [-0.15, -0.1) is 0 Å². The summed E-state index contributed by atoms with van der Waals surface area (Å²) in [6.07, 6.45) is 0. The van der Waals surface area contributed by atoms with Gasteiger partial charge in [0.15, 0.2) is 0 Å². The van der Waals surface area contributed by atoms with Crippen LogP contribution in [0.1, 0.15) is 0 Å². The lowest BCUT2D eigenvalue weighted by molar-refractivity contribution is 0.454. The lowest BCUT2D eigenvalue weighted by Gasteiger charge is -2.22. The van der Waals surface area contributed by atoms with E-state index in [1.54, 1.807) is 11.8 Å². The van der Waals surface area contributed by atoms with E-state index in [0.29, 0.717) is 13.4 Å². The lowest BCUT2D eigenvalue weighted by Crippen LogP contribution is -2.06. The summed E-state index contributed by atoms with van der Waals surface area (Å²) in [7, 11) is 0.697. The predicted molar refractivity (Wildman–Crippen MR) is 68.9 cm³/mol. The summed E-state index contributed by atoms with van der Waals surface area (Å²) in [5.74, 6) is 0.618. The topological polar surface area (TPSA) is 41.5 Å². The molecule has 2 N–H and O–H groups in total. The van der Waals surface area contributed by atoms with Gasteiger partial charge in [-0.25, -0.2) is 0 Å². The highest BCUT2D eigenvalue weighted by atomic mass is 32.2. The van der Waals surface area contributed by atoms with Gasteiger partial charge in [0.05, 0.1) is 11.4 Å². The third-order valence-corrected chi connectivity index (χ3v) is 3.67. The molecular weight excluding hydrogens is 233 g/mol. The van der Waals surface area contributed by atoms with Crippen molar-refractivity contribution >= 4 is 30.8 Å². The molecule has 3 rings (SSSR count). The van der Waals surface area contributed by atoms with E-state index in [1.165, 1.54) is 4.90 Å². The smallest absolute Gasteiger partial charge is 0.536 e. The molecule has 2 aromatic carbocycles. The van der Waals surface area contributed by atoms with Crippen LogP contribution in [-0.4, -0.2) is 12.7 Å². The number of hydrogen-bond donors (Lipinski definition) is 2. The molecule has 1 heterocycles. The van der Waals surface area contributed by atoms with Crippen molar-refractivity contribution in [3.8, 4) is 5.75 Å². The summed E-state index contributed by atoms with van der Waals surface area (Å²) in [5.41, 5.74) is 1.94. The SMILES string of the molecule is O[B]Oc1cccc2c1Nc1ccccc1S2. The Morgan fingerprint density at radius 1 is 1.06 bits per heavy atom. The first-order valence-corrected chi connectivity index (χ1v) is 5.99. The molecule has 3 nitrogen and oxygen atoms in total. The first-order valence-electron chi connectivity index (χ1n) is 5.18. The molecule has 0 saturated carbocycles. The van der Waals surface area contributed by atoms with Crippen LogP contribution >= 0.6 is 11.8 Å². The van der Waals surface area contributed by atoms with E-state index in [4.69, 9.17) is 9.68 Å². The third kappa shape index (κ3) is 1.88. The lowest BCUT2D eigenvalue weighted by atomic mass is 10.2. The Kier molecular flexibility index (Phi) is 2.70. The fourth-order valence-electron chi connectivity index (χ4n) is 1.79. The highest BCUT2D eigenvalue weighted by Crippen LogP contribution is 2.47. The van der Waals surface area contributed by atoms with E-state index < -0.39 is 0 Å². The molecule has 1 aliphatic heterocycles. The van der Waals surface area contributed by atoms with Gasteiger partial charge >= 0.3 is 7.69 Å². The number of anilines is 2. The monoisotopic (exact) mass is 242 g/mol. The van der Waals surface area contributed by atoms with Crippen LogP contribution in [0.25, 0.3) is 0 Å². The minimum atomic E-state index is 0.618. The van der Waals surface area contributed by atoms with Crippen molar-refractivity contribution in [2.45, 2.75) is 9.79 Å². The second-order valence-electron chi connectivity index (χ2n) is 3.58. The second-order valence-corrected chi connectivity index (χ2v) is 4.66. The molecule has 0 aromatic heterocycles. The van der Waals surface area contributed by atoms with Crippen molar-refractivity contribution < 1.29 is 9.68 Å². The van der Waals surface area contributed by atoms with Gasteiger partial charge in [0.25, 0.3) is 0 Å². The third-order valence-electron chi connectivity index (χ3n) is 2.53. The average Bonchev–Trinajstić information content (AvgIpc) is 2.37.